The summed E-state index contributed by atoms with van der Waals surface area (Å²) in [5.41, 5.74) is 2.16. The lowest BCUT2D eigenvalue weighted by Gasteiger charge is -2.56. The third kappa shape index (κ3) is 5.27. The van der Waals surface area contributed by atoms with Crippen molar-refractivity contribution in [2.75, 3.05) is 6.61 Å². The number of halogens is 2. The van der Waals surface area contributed by atoms with E-state index in [0.717, 1.165) is 12.8 Å². The van der Waals surface area contributed by atoms with Crippen molar-refractivity contribution in [2.45, 2.75) is 131 Å². The van der Waals surface area contributed by atoms with Gasteiger partial charge in [0.15, 0.2) is 6.17 Å². The van der Waals surface area contributed by atoms with Gasteiger partial charge in [-0.2, -0.15) is 0 Å². The van der Waals surface area contributed by atoms with Crippen molar-refractivity contribution in [1.82, 2.24) is 26.4 Å². The van der Waals surface area contributed by atoms with Crippen molar-refractivity contribution in [1.29, 1.82) is 0 Å². The lowest BCUT2D eigenvalue weighted by atomic mass is 9.60. The second kappa shape index (κ2) is 10.3. The summed E-state index contributed by atoms with van der Waals surface area (Å²) in [4.78, 5) is 25.9. The van der Waals surface area contributed by atoms with Gasteiger partial charge in [-0.3, -0.25) is 14.9 Å². The first-order valence-electron chi connectivity index (χ1n) is 13.6. The molecule has 9 nitrogen and oxygen atoms in total. The Hall–Kier alpha value is -1.04. The molecule has 36 heavy (non-hydrogen) atoms. The minimum absolute atomic E-state index is 0.0962. The Morgan fingerprint density at radius 1 is 1.14 bits per heavy atom. The zero-order valence-corrected chi connectivity index (χ0v) is 22.0. The summed E-state index contributed by atoms with van der Waals surface area (Å²) in [6, 6.07) is 0.357. The molecule has 2 aliphatic heterocycles. The molecule has 6 rings (SSSR count). The number of hydrogen-bond donors (Lipinski definition) is 5. The van der Waals surface area contributed by atoms with Gasteiger partial charge in [-0.1, -0.05) is 6.92 Å². The highest BCUT2D eigenvalue weighted by Gasteiger charge is 2.56. The van der Waals surface area contributed by atoms with Crippen molar-refractivity contribution in [3.05, 3.63) is 0 Å². The van der Waals surface area contributed by atoms with Gasteiger partial charge in [0.25, 0.3) is 5.91 Å². The zero-order chi connectivity index (χ0) is 25.7. The largest absolute Gasteiger partial charge is 0.391 e. The molecular formula is C25H41ClFN5O4. The maximum atomic E-state index is 13.8. The van der Waals surface area contributed by atoms with Crippen LogP contribution >= 0.6 is 11.6 Å². The Labute approximate surface area is 217 Å². The number of hydrazine groups is 1. The van der Waals surface area contributed by atoms with Gasteiger partial charge in [-0.15, -0.1) is 11.6 Å². The Morgan fingerprint density at radius 3 is 2.58 bits per heavy atom. The van der Waals surface area contributed by atoms with Crippen molar-refractivity contribution in [3.63, 3.8) is 0 Å². The standard InChI is InChI=1S/C25H41ClFN5O4/c1-14-9-15(2)32-20(10-14)28-22(31-32)23(35)30-24-5-7-25(8-6-24,19(33)12-24)29-21(34)13-36-16-3-4-17(26)18(27)11-16/h14-20,22,28,31,33H,3-13H2,1-2H3,(H,29,34)(H,30,35)/t14?,15?,16?,17?,18?,19-,20?,22?,24?,25?/m0/s1. The van der Waals surface area contributed by atoms with Crippen LogP contribution in [-0.4, -0.2) is 81.7 Å². The molecular weight excluding hydrogens is 489 g/mol. The van der Waals surface area contributed by atoms with E-state index in [9.17, 15) is 19.1 Å². The van der Waals surface area contributed by atoms with Crippen LogP contribution in [0.15, 0.2) is 0 Å². The van der Waals surface area contributed by atoms with Gasteiger partial charge in [0.05, 0.1) is 29.3 Å². The molecule has 2 amide bonds. The van der Waals surface area contributed by atoms with Crippen LogP contribution in [0, 0.1) is 5.92 Å². The molecule has 11 heteroatoms. The number of carbonyl (C=O) groups excluding carboxylic acids is 2. The van der Waals surface area contributed by atoms with Crippen LogP contribution < -0.4 is 21.4 Å². The summed E-state index contributed by atoms with van der Waals surface area (Å²) in [5.74, 6) is 0.217. The van der Waals surface area contributed by atoms with E-state index >= 15 is 0 Å². The summed E-state index contributed by atoms with van der Waals surface area (Å²) >= 11 is 5.93. The number of aliphatic hydroxyl groups excluding tert-OH is 1. The van der Waals surface area contributed by atoms with E-state index in [2.05, 4.69) is 40.2 Å². The molecule has 8 atom stereocenters. The Bertz CT molecular complexity index is 843. The second-order valence-electron chi connectivity index (χ2n) is 12.0. The first-order chi connectivity index (χ1) is 17.1. The Morgan fingerprint density at radius 2 is 1.89 bits per heavy atom. The monoisotopic (exact) mass is 529 g/mol. The molecule has 2 heterocycles. The number of amides is 2. The molecule has 0 aromatic carbocycles. The average Bonchev–Trinajstić information content (AvgIpc) is 3.26. The number of ether oxygens (including phenoxy) is 1. The highest BCUT2D eigenvalue weighted by molar-refractivity contribution is 6.21. The zero-order valence-electron chi connectivity index (χ0n) is 21.3. The number of nitrogens with zero attached hydrogens (tertiary/aromatic N) is 1. The highest BCUT2D eigenvalue weighted by atomic mass is 35.5. The average molecular weight is 530 g/mol. The first-order valence-corrected chi connectivity index (χ1v) is 14.0. The van der Waals surface area contributed by atoms with Crippen molar-refractivity contribution >= 4 is 23.4 Å². The summed E-state index contributed by atoms with van der Waals surface area (Å²) in [5, 5.41) is 22.4. The predicted molar refractivity (Wildman–Crippen MR) is 133 cm³/mol. The van der Waals surface area contributed by atoms with Gasteiger partial charge in [0.1, 0.15) is 12.8 Å². The quantitative estimate of drug-likeness (QED) is 0.331. The van der Waals surface area contributed by atoms with E-state index in [1.807, 2.05) is 0 Å². The van der Waals surface area contributed by atoms with Crippen LogP contribution in [0.25, 0.3) is 0 Å². The van der Waals surface area contributed by atoms with Crippen molar-refractivity contribution in [3.8, 4) is 0 Å². The third-order valence-corrected chi connectivity index (χ3v) is 9.76. The molecule has 2 bridgehead atoms. The van der Waals surface area contributed by atoms with Gasteiger partial charge in [-0.25, -0.2) is 14.8 Å². The molecule has 6 aliphatic rings. The normalized spacial score (nSPS) is 46.8. The van der Waals surface area contributed by atoms with Crippen LogP contribution in [0.4, 0.5) is 4.39 Å². The van der Waals surface area contributed by atoms with Gasteiger partial charge >= 0.3 is 0 Å². The molecule has 2 saturated heterocycles. The number of alkyl halides is 2. The Balaban J connectivity index is 1.11. The van der Waals surface area contributed by atoms with Crippen LogP contribution in [0.5, 0.6) is 0 Å². The van der Waals surface area contributed by atoms with Crippen molar-refractivity contribution < 1.29 is 23.8 Å². The summed E-state index contributed by atoms with van der Waals surface area (Å²) in [6.07, 6.45) is 3.89. The maximum Gasteiger partial charge on any atom is 0.253 e. The fraction of sp³-hybridized carbons (Fsp3) is 0.920. The summed E-state index contributed by atoms with van der Waals surface area (Å²) < 4.78 is 19.5. The number of fused-ring (bicyclic) bond motifs is 4. The molecule has 0 spiro atoms. The summed E-state index contributed by atoms with van der Waals surface area (Å²) in [7, 11) is 0. The number of piperidine rings is 1. The van der Waals surface area contributed by atoms with Gasteiger partial charge in [0, 0.05) is 18.0 Å². The van der Waals surface area contributed by atoms with E-state index in [1.54, 1.807) is 0 Å². The van der Waals surface area contributed by atoms with Crippen molar-refractivity contribution in [2.24, 2.45) is 5.92 Å². The highest BCUT2D eigenvalue weighted by Crippen LogP contribution is 2.47. The smallest absolute Gasteiger partial charge is 0.253 e. The maximum absolute atomic E-state index is 13.8. The molecule has 7 unspecified atom stereocenters. The fourth-order valence-electron chi connectivity index (χ4n) is 7.17. The lowest BCUT2D eigenvalue weighted by molar-refractivity contribution is -0.140. The van der Waals surface area contributed by atoms with Crippen LogP contribution in [-0.2, 0) is 14.3 Å². The fourth-order valence-corrected chi connectivity index (χ4v) is 7.40. The minimum Gasteiger partial charge on any atom is -0.391 e. The molecule has 5 N–H and O–H groups in total. The first kappa shape index (κ1) is 26.6. The minimum atomic E-state index is -1.11. The van der Waals surface area contributed by atoms with Gasteiger partial charge in [0.2, 0.25) is 5.91 Å². The van der Waals surface area contributed by atoms with Crippen LogP contribution in [0.1, 0.15) is 78.1 Å². The van der Waals surface area contributed by atoms with Gasteiger partial charge < -0.3 is 20.5 Å². The number of carbonyl (C=O) groups is 2. The molecule has 0 radical (unpaired) electrons. The van der Waals surface area contributed by atoms with Crippen LogP contribution in [0.2, 0.25) is 0 Å². The van der Waals surface area contributed by atoms with E-state index in [-0.39, 0.29) is 37.1 Å². The van der Waals surface area contributed by atoms with E-state index in [0.29, 0.717) is 56.9 Å². The predicted octanol–water partition coefficient (Wildman–Crippen LogP) is 1.43. The molecule has 4 saturated carbocycles. The SMILES string of the molecule is CC1CC(C)N2NC(C(=O)NC34CCC(NC(=O)COC5CCC(Cl)C(F)C5)(CC3)[C@@H](O)C4)NC2C1. The Kier molecular flexibility index (Phi) is 7.57. The topological polar surface area (TPSA) is 115 Å². The number of hydrogen-bond acceptors (Lipinski definition) is 7. The number of nitrogens with one attached hydrogen (secondary N) is 4. The van der Waals surface area contributed by atoms with E-state index < -0.39 is 34.9 Å². The third-order valence-electron chi connectivity index (χ3n) is 9.27. The van der Waals surface area contributed by atoms with E-state index in [1.165, 1.54) is 0 Å². The number of rotatable bonds is 6. The van der Waals surface area contributed by atoms with Crippen LogP contribution in [0.3, 0.4) is 0 Å². The lowest BCUT2D eigenvalue weighted by Crippen LogP contribution is -2.71. The van der Waals surface area contributed by atoms with E-state index in [4.69, 9.17) is 16.3 Å². The number of aliphatic hydroxyl groups is 1. The molecule has 0 aromatic rings. The molecule has 4 aliphatic carbocycles. The summed E-state index contributed by atoms with van der Waals surface area (Å²) in [6.45, 7) is 4.26. The molecule has 204 valence electrons. The molecule has 0 aromatic heterocycles. The van der Waals surface area contributed by atoms with Gasteiger partial charge in [-0.05, 0) is 70.6 Å². The second-order valence-corrected chi connectivity index (χ2v) is 12.6. The molecule has 6 fully saturated rings.